The third-order valence-electron chi connectivity index (χ3n) is 3.30. The number of hydrogen-bond acceptors (Lipinski definition) is 2. The Morgan fingerprint density at radius 3 is 2.68 bits per heavy atom. The van der Waals surface area contributed by atoms with Gasteiger partial charge < -0.3 is 5.32 Å². The number of hydrogen-bond donors (Lipinski definition) is 1. The van der Waals surface area contributed by atoms with Gasteiger partial charge in [-0.2, -0.15) is 0 Å². The molecule has 0 saturated carbocycles. The van der Waals surface area contributed by atoms with Crippen molar-refractivity contribution in [3.8, 4) is 11.3 Å². The maximum atomic E-state index is 4.42. The first-order valence-electron chi connectivity index (χ1n) is 7.10. The first-order valence-corrected chi connectivity index (χ1v) is 7.10. The highest BCUT2D eigenvalue weighted by Gasteiger charge is 2.09. The fraction of sp³-hybridized carbons (Fsp3) is 0.353. The molecule has 1 atom stereocenters. The molecule has 100 valence electrons. The molecule has 1 N–H and O–H groups in total. The summed E-state index contributed by atoms with van der Waals surface area (Å²) in [7, 11) is 0. The predicted octanol–water partition coefficient (Wildman–Crippen LogP) is 4.20. The third kappa shape index (κ3) is 3.65. The summed E-state index contributed by atoms with van der Waals surface area (Å²) in [6.07, 6.45) is 4.11. The number of aromatic nitrogens is 1. The molecule has 0 saturated heterocycles. The minimum atomic E-state index is 0.434. The quantitative estimate of drug-likeness (QED) is 0.835. The van der Waals surface area contributed by atoms with Gasteiger partial charge in [-0.05, 0) is 43.1 Å². The smallest absolute Gasteiger partial charge is 0.0702 e. The summed E-state index contributed by atoms with van der Waals surface area (Å²) in [6.45, 7) is 5.48. The molecule has 2 rings (SSSR count). The molecule has 0 fully saturated rings. The molecule has 0 aliphatic carbocycles. The Morgan fingerprint density at radius 1 is 1.11 bits per heavy atom. The van der Waals surface area contributed by atoms with Crippen LogP contribution in [-0.4, -0.2) is 11.5 Å². The standard InChI is InChI=1S/C17H22N2/c1-3-11-18-16(4-2)14-8-7-9-15(13-14)17-10-5-6-12-19-17/h5-10,12-13,16,18H,3-4,11H2,1-2H3. The van der Waals surface area contributed by atoms with Gasteiger partial charge in [-0.25, -0.2) is 0 Å². The van der Waals surface area contributed by atoms with Crippen LogP contribution >= 0.6 is 0 Å². The Bertz CT molecular complexity index is 494. The lowest BCUT2D eigenvalue weighted by atomic mass is 10.0. The summed E-state index contributed by atoms with van der Waals surface area (Å²) in [5, 5.41) is 3.59. The first kappa shape index (κ1) is 13.8. The molecule has 0 radical (unpaired) electrons. The zero-order valence-electron chi connectivity index (χ0n) is 11.8. The van der Waals surface area contributed by atoms with E-state index in [2.05, 4.69) is 54.5 Å². The van der Waals surface area contributed by atoms with Crippen LogP contribution in [0.3, 0.4) is 0 Å². The van der Waals surface area contributed by atoms with E-state index in [0.717, 1.165) is 25.1 Å². The second-order valence-corrected chi connectivity index (χ2v) is 4.76. The first-order chi connectivity index (χ1) is 9.35. The summed E-state index contributed by atoms with van der Waals surface area (Å²) in [5.41, 5.74) is 3.57. The van der Waals surface area contributed by atoms with E-state index in [1.165, 1.54) is 11.1 Å². The molecule has 0 aliphatic rings. The van der Waals surface area contributed by atoms with Crippen molar-refractivity contribution in [2.45, 2.75) is 32.7 Å². The van der Waals surface area contributed by atoms with Gasteiger partial charge in [0.1, 0.15) is 0 Å². The van der Waals surface area contributed by atoms with Gasteiger partial charge >= 0.3 is 0 Å². The van der Waals surface area contributed by atoms with Crippen LogP contribution < -0.4 is 5.32 Å². The highest BCUT2D eigenvalue weighted by Crippen LogP contribution is 2.23. The number of pyridine rings is 1. The topological polar surface area (TPSA) is 24.9 Å². The third-order valence-corrected chi connectivity index (χ3v) is 3.30. The summed E-state index contributed by atoms with van der Waals surface area (Å²) >= 11 is 0. The van der Waals surface area contributed by atoms with E-state index >= 15 is 0 Å². The Hall–Kier alpha value is -1.67. The monoisotopic (exact) mass is 254 g/mol. The minimum Gasteiger partial charge on any atom is -0.310 e. The van der Waals surface area contributed by atoms with Crippen molar-refractivity contribution >= 4 is 0 Å². The molecule has 0 aliphatic heterocycles. The molecule has 0 spiro atoms. The molecule has 0 amide bonds. The van der Waals surface area contributed by atoms with Crippen LogP contribution in [0, 0.1) is 0 Å². The molecule has 2 aromatic rings. The van der Waals surface area contributed by atoms with Gasteiger partial charge in [0.2, 0.25) is 0 Å². The maximum Gasteiger partial charge on any atom is 0.0702 e. The Morgan fingerprint density at radius 2 is 2.00 bits per heavy atom. The second-order valence-electron chi connectivity index (χ2n) is 4.76. The van der Waals surface area contributed by atoms with Crippen LogP contribution in [0.2, 0.25) is 0 Å². The summed E-state index contributed by atoms with van der Waals surface area (Å²) < 4.78 is 0. The van der Waals surface area contributed by atoms with Gasteiger partial charge in [-0.1, -0.05) is 38.1 Å². The van der Waals surface area contributed by atoms with Gasteiger partial charge in [-0.3, -0.25) is 4.98 Å². The van der Waals surface area contributed by atoms with E-state index < -0.39 is 0 Å². The summed E-state index contributed by atoms with van der Waals surface area (Å²) in [6, 6.07) is 15.2. The van der Waals surface area contributed by atoms with Gasteiger partial charge in [0, 0.05) is 17.8 Å². The average Bonchev–Trinajstić information content (AvgIpc) is 2.49. The fourth-order valence-corrected chi connectivity index (χ4v) is 2.26. The molecule has 1 heterocycles. The van der Waals surface area contributed by atoms with Crippen LogP contribution in [0.4, 0.5) is 0 Å². The van der Waals surface area contributed by atoms with Gasteiger partial charge in [-0.15, -0.1) is 0 Å². The number of nitrogens with zero attached hydrogens (tertiary/aromatic N) is 1. The largest absolute Gasteiger partial charge is 0.310 e. The predicted molar refractivity (Wildman–Crippen MR) is 81.0 cm³/mol. The van der Waals surface area contributed by atoms with Crippen LogP contribution in [0.25, 0.3) is 11.3 Å². The molecule has 2 heteroatoms. The van der Waals surface area contributed by atoms with Gasteiger partial charge in [0.15, 0.2) is 0 Å². The van der Waals surface area contributed by atoms with Crippen molar-refractivity contribution in [3.63, 3.8) is 0 Å². The van der Waals surface area contributed by atoms with E-state index in [0.29, 0.717) is 6.04 Å². The zero-order chi connectivity index (χ0) is 13.5. The van der Waals surface area contributed by atoms with Crippen LogP contribution in [-0.2, 0) is 0 Å². The Labute approximate surface area is 115 Å². The molecule has 1 aromatic carbocycles. The molecular formula is C17H22N2. The van der Waals surface area contributed by atoms with E-state index in [1.54, 1.807) is 0 Å². The number of nitrogens with one attached hydrogen (secondary N) is 1. The highest BCUT2D eigenvalue weighted by atomic mass is 14.9. The SMILES string of the molecule is CCCNC(CC)c1cccc(-c2ccccn2)c1. The number of benzene rings is 1. The van der Waals surface area contributed by atoms with E-state index in [9.17, 15) is 0 Å². The molecular weight excluding hydrogens is 232 g/mol. The molecule has 0 bridgehead atoms. The van der Waals surface area contributed by atoms with Gasteiger partial charge in [0.05, 0.1) is 5.69 Å². The van der Waals surface area contributed by atoms with E-state index in [1.807, 2.05) is 18.3 Å². The normalized spacial score (nSPS) is 12.3. The second kappa shape index (κ2) is 7.05. The number of rotatable bonds is 6. The van der Waals surface area contributed by atoms with Crippen molar-refractivity contribution < 1.29 is 0 Å². The molecule has 1 unspecified atom stereocenters. The fourth-order valence-electron chi connectivity index (χ4n) is 2.26. The maximum absolute atomic E-state index is 4.42. The van der Waals surface area contributed by atoms with Crippen molar-refractivity contribution in [2.75, 3.05) is 6.54 Å². The lowest BCUT2D eigenvalue weighted by Gasteiger charge is -2.17. The zero-order valence-corrected chi connectivity index (χ0v) is 11.8. The lowest BCUT2D eigenvalue weighted by molar-refractivity contribution is 0.518. The summed E-state index contributed by atoms with van der Waals surface area (Å²) in [5.74, 6) is 0. The molecule has 1 aromatic heterocycles. The average molecular weight is 254 g/mol. The molecule has 19 heavy (non-hydrogen) atoms. The Kier molecular flexibility index (Phi) is 5.10. The van der Waals surface area contributed by atoms with Gasteiger partial charge in [0.25, 0.3) is 0 Å². The van der Waals surface area contributed by atoms with Crippen LogP contribution in [0.1, 0.15) is 38.3 Å². The lowest BCUT2D eigenvalue weighted by Crippen LogP contribution is -2.21. The van der Waals surface area contributed by atoms with Crippen LogP contribution in [0.5, 0.6) is 0 Å². The van der Waals surface area contributed by atoms with Crippen molar-refractivity contribution in [1.82, 2.24) is 10.3 Å². The Balaban J connectivity index is 2.23. The molecule has 2 nitrogen and oxygen atoms in total. The highest BCUT2D eigenvalue weighted by molar-refractivity contribution is 5.59. The van der Waals surface area contributed by atoms with Crippen LogP contribution in [0.15, 0.2) is 48.7 Å². The van der Waals surface area contributed by atoms with E-state index in [-0.39, 0.29) is 0 Å². The van der Waals surface area contributed by atoms with Crippen molar-refractivity contribution in [1.29, 1.82) is 0 Å². The minimum absolute atomic E-state index is 0.434. The van der Waals surface area contributed by atoms with E-state index in [4.69, 9.17) is 0 Å². The van der Waals surface area contributed by atoms with Crippen molar-refractivity contribution in [3.05, 3.63) is 54.2 Å². The van der Waals surface area contributed by atoms with Crippen molar-refractivity contribution in [2.24, 2.45) is 0 Å². The summed E-state index contributed by atoms with van der Waals surface area (Å²) in [4.78, 5) is 4.42.